The largest absolute Gasteiger partial charge is 0.508 e. The van der Waals surface area contributed by atoms with E-state index in [1.165, 1.54) is 12.1 Å². The number of hydrogen-bond donors (Lipinski definition) is 5. The first-order chi connectivity index (χ1) is 7.52. The van der Waals surface area contributed by atoms with Crippen molar-refractivity contribution in [3.63, 3.8) is 0 Å². The van der Waals surface area contributed by atoms with Crippen LogP contribution < -0.4 is 10.4 Å². The lowest BCUT2D eigenvalue weighted by Gasteiger charge is -2.12. The fraction of sp³-hybridized carbons (Fsp3) is 0.222. The first-order valence-corrected chi connectivity index (χ1v) is 5.51. The number of phenols is 1. The lowest BCUT2D eigenvalue weighted by molar-refractivity contribution is 0.182. The van der Waals surface area contributed by atoms with Crippen molar-refractivity contribution < 1.29 is 15.0 Å². The van der Waals surface area contributed by atoms with Crippen LogP contribution in [0.15, 0.2) is 18.2 Å². The molecule has 0 fully saturated rings. The summed E-state index contributed by atoms with van der Waals surface area (Å²) in [6, 6.07) is 4.37. The number of carbonyl (C=O) groups excluding carboxylic acids is 1. The van der Waals surface area contributed by atoms with Crippen LogP contribution >= 0.6 is 22.0 Å². The molecule has 1 aromatic rings. The number of aliphatic hydroxyl groups is 1. The van der Waals surface area contributed by atoms with Crippen LogP contribution in [-0.4, -0.2) is 22.0 Å². The van der Waals surface area contributed by atoms with Gasteiger partial charge in [-0.3, -0.25) is 9.88 Å². The summed E-state index contributed by atoms with van der Waals surface area (Å²) >= 11 is 3.56. The molecule has 2 unspecified atom stereocenters. The Morgan fingerprint density at radius 3 is 2.75 bits per heavy atom. The van der Waals surface area contributed by atoms with Gasteiger partial charge in [-0.05, 0) is 17.7 Å². The van der Waals surface area contributed by atoms with E-state index in [0.717, 1.165) is 0 Å². The summed E-state index contributed by atoms with van der Waals surface area (Å²) in [5.74, 6) is -0.0302. The Morgan fingerprint density at radius 1 is 1.50 bits per heavy atom. The summed E-state index contributed by atoms with van der Waals surface area (Å²) < 4.78 is 0. The van der Waals surface area contributed by atoms with Crippen LogP contribution in [0, 0.1) is 0 Å². The van der Waals surface area contributed by atoms with Crippen LogP contribution in [0.4, 0.5) is 10.5 Å². The van der Waals surface area contributed by atoms with Gasteiger partial charge < -0.3 is 15.5 Å². The van der Waals surface area contributed by atoms with Gasteiger partial charge in [-0.1, -0.05) is 22.0 Å². The summed E-state index contributed by atoms with van der Waals surface area (Å²) in [4.78, 5) is 10.7. The fourth-order valence-corrected chi connectivity index (χ4v) is 1.60. The summed E-state index contributed by atoms with van der Waals surface area (Å²) in [6.45, 7) is 0.322. The van der Waals surface area contributed by atoms with Crippen LogP contribution in [0.25, 0.3) is 0 Å². The second-order valence-corrected chi connectivity index (χ2v) is 3.98. The van der Waals surface area contributed by atoms with E-state index >= 15 is 0 Å². The van der Waals surface area contributed by atoms with Gasteiger partial charge in [0.1, 0.15) is 5.75 Å². The normalized spacial score (nSPS) is 12.2. The summed E-state index contributed by atoms with van der Waals surface area (Å²) in [5.41, 5.74) is 0.893. The van der Waals surface area contributed by atoms with Crippen LogP contribution in [0.5, 0.6) is 5.75 Å². The molecule has 1 rings (SSSR count). The minimum atomic E-state index is -0.764. The lowest BCUT2D eigenvalue weighted by atomic mass is 10.1. The number of thiol groups is 1. The second kappa shape index (κ2) is 6.06. The zero-order valence-electron chi connectivity index (χ0n) is 8.34. The predicted molar refractivity (Wildman–Crippen MR) is 68.8 cm³/mol. The van der Waals surface area contributed by atoms with Gasteiger partial charge in [-0.2, -0.15) is 0 Å². The maximum Gasteiger partial charge on any atom is 0.280 e. The van der Waals surface area contributed by atoms with Gasteiger partial charge in [0.15, 0.2) is 0 Å². The first-order valence-electron chi connectivity index (χ1n) is 4.48. The Kier molecular flexibility index (Phi) is 5.02. The standard InChI is InChI=1S/C9H13N2O3PS/c12-7-2-5(8(13)4-10-15)1-6(3-7)11-9(14)16/h1-3,8,10,12-13H,4,15H2,(H2,11,14,16). The third-order valence-corrected chi connectivity index (χ3v) is 2.23. The van der Waals surface area contributed by atoms with Gasteiger partial charge >= 0.3 is 0 Å². The highest BCUT2D eigenvalue weighted by Crippen LogP contribution is 2.24. The zero-order chi connectivity index (χ0) is 12.1. The molecule has 0 heterocycles. The number of rotatable bonds is 4. The van der Waals surface area contributed by atoms with Crippen molar-refractivity contribution in [1.82, 2.24) is 5.09 Å². The Labute approximate surface area is 101 Å². The topological polar surface area (TPSA) is 81.6 Å². The van der Waals surface area contributed by atoms with E-state index in [9.17, 15) is 15.0 Å². The zero-order valence-corrected chi connectivity index (χ0v) is 10.4. The van der Waals surface area contributed by atoms with E-state index in [0.29, 0.717) is 17.8 Å². The van der Waals surface area contributed by atoms with Crippen LogP contribution in [-0.2, 0) is 0 Å². The van der Waals surface area contributed by atoms with Gasteiger partial charge in [0.25, 0.3) is 5.24 Å². The van der Waals surface area contributed by atoms with Gasteiger partial charge in [0.05, 0.1) is 6.10 Å². The maximum absolute atomic E-state index is 10.7. The molecule has 0 bridgehead atoms. The highest BCUT2D eigenvalue weighted by Gasteiger charge is 2.09. The van der Waals surface area contributed by atoms with Crippen molar-refractivity contribution in [2.24, 2.45) is 0 Å². The molecule has 0 spiro atoms. The summed E-state index contributed by atoms with van der Waals surface area (Å²) in [6.07, 6.45) is -0.764. The molecule has 16 heavy (non-hydrogen) atoms. The molecule has 1 aromatic carbocycles. The molecule has 88 valence electrons. The van der Waals surface area contributed by atoms with Gasteiger partial charge in [0, 0.05) is 18.3 Å². The number of anilines is 1. The maximum atomic E-state index is 10.7. The minimum Gasteiger partial charge on any atom is -0.508 e. The number of benzene rings is 1. The second-order valence-electron chi connectivity index (χ2n) is 3.17. The molecule has 2 atom stereocenters. The van der Waals surface area contributed by atoms with Crippen LogP contribution in [0.3, 0.4) is 0 Å². The molecule has 0 aliphatic carbocycles. The van der Waals surface area contributed by atoms with Crippen molar-refractivity contribution >= 4 is 32.9 Å². The third-order valence-electron chi connectivity index (χ3n) is 1.89. The van der Waals surface area contributed by atoms with E-state index < -0.39 is 11.3 Å². The molecule has 7 heteroatoms. The number of hydrogen-bond acceptors (Lipinski definition) is 4. The number of carbonyl (C=O) groups is 1. The number of nitrogens with one attached hydrogen (secondary N) is 2. The number of phenolic OH excluding ortho intramolecular Hbond substituents is 1. The molecule has 5 nitrogen and oxygen atoms in total. The van der Waals surface area contributed by atoms with Crippen molar-refractivity contribution in [1.29, 1.82) is 0 Å². The molecule has 4 N–H and O–H groups in total. The van der Waals surface area contributed by atoms with Gasteiger partial charge in [-0.25, -0.2) is 0 Å². The van der Waals surface area contributed by atoms with Crippen molar-refractivity contribution in [3.05, 3.63) is 23.8 Å². The Hall–Kier alpha value is -0.810. The highest BCUT2D eigenvalue weighted by atomic mass is 32.1. The van der Waals surface area contributed by atoms with Gasteiger partial charge in [-0.15, -0.1) is 0 Å². The van der Waals surface area contributed by atoms with Crippen LogP contribution in [0.2, 0.25) is 0 Å². The van der Waals surface area contributed by atoms with E-state index in [4.69, 9.17) is 0 Å². The predicted octanol–water partition coefficient (Wildman–Crippen LogP) is 1.27. The number of aliphatic hydroxyl groups excluding tert-OH is 1. The van der Waals surface area contributed by atoms with Crippen molar-refractivity contribution in [3.8, 4) is 5.75 Å². The molecule has 0 aliphatic rings. The Morgan fingerprint density at radius 2 is 2.19 bits per heavy atom. The summed E-state index contributed by atoms with van der Waals surface area (Å²) in [7, 11) is 2.27. The average Bonchev–Trinajstić information content (AvgIpc) is 2.15. The van der Waals surface area contributed by atoms with E-state index in [2.05, 4.69) is 32.4 Å². The Balaban J connectivity index is 2.93. The molecule has 1 amide bonds. The average molecular weight is 260 g/mol. The number of aromatic hydroxyl groups is 1. The molecular formula is C9H13N2O3PS. The SMILES string of the molecule is O=C(S)Nc1cc(O)cc(C(O)CNP)c1. The Bertz CT molecular complexity index is 389. The van der Waals surface area contributed by atoms with Crippen molar-refractivity contribution in [2.75, 3.05) is 11.9 Å². The molecular weight excluding hydrogens is 247 g/mol. The van der Waals surface area contributed by atoms with E-state index in [1.54, 1.807) is 6.07 Å². The fourth-order valence-electron chi connectivity index (χ4n) is 1.25. The smallest absolute Gasteiger partial charge is 0.280 e. The van der Waals surface area contributed by atoms with E-state index in [1.807, 2.05) is 0 Å². The molecule has 0 radical (unpaired) electrons. The highest BCUT2D eigenvalue weighted by molar-refractivity contribution is 7.96. The van der Waals surface area contributed by atoms with Crippen molar-refractivity contribution in [2.45, 2.75) is 6.10 Å². The molecule has 0 aliphatic heterocycles. The van der Waals surface area contributed by atoms with E-state index in [-0.39, 0.29) is 5.75 Å². The van der Waals surface area contributed by atoms with Gasteiger partial charge in [0.2, 0.25) is 0 Å². The summed E-state index contributed by atoms with van der Waals surface area (Å²) in [5, 5.41) is 23.7. The molecule has 0 saturated heterocycles. The quantitative estimate of drug-likeness (QED) is 0.417. The number of amides is 1. The molecule has 0 saturated carbocycles. The molecule has 0 aromatic heterocycles. The third kappa shape index (κ3) is 3.98. The monoisotopic (exact) mass is 260 g/mol. The minimum absolute atomic E-state index is 0.0302. The lowest BCUT2D eigenvalue weighted by Crippen LogP contribution is -2.12. The first kappa shape index (κ1) is 13.3. The van der Waals surface area contributed by atoms with Crippen LogP contribution in [0.1, 0.15) is 11.7 Å².